The molecule has 1 atom stereocenters. The van der Waals surface area contributed by atoms with Crippen molar-refractivity contribution in [1.29, 1.82) is 0 Å². The summed E-state index contributed by atoms with van der Waals surface area (Å²) in [4.78, 5) is 2.02. The van der Waals surface area contributed by atoms with Gasteiger partial charge in [-0.1, -0.05) is 0 Å². The first-order valence-electron chi connectivity index (χ1n) is 6.77. The fraction of sp³-hybridized carbons (Fsp3) is 0.235. The van der Waals surface area contributed by atoms with Crippen LogP contribution in [0, 0.1) is 0 Å². The molecular formula is C17H19NS2Se. The van der Waals surface area contributed by atoms with Gasteiger partial charge in [0.2, 0.25) is 0 Å². The van der Waals surface area contributed by atoms with Gasteiger partial charge in [0.1, 0.15) is 0 Å². The van der Waals surface area contributed by atoms with Crippen molar-refractivity contribution >= 4 is 47.7 Å². The van der Waals surface area contributed by atoms with Crippen molar-refractivity contribution in [3.63, 3.8) is 0 Å². The quantitative estimate of drug-likeness (QED) is 0.575. The monoisotopic (exact) mass is 381 g/mol. The summed E-state index contributed by atoms with van der Waals surface area (Å²) in [5.74, 6) is 0. The van der Waals surface area contributed by atoms with Gasteiger partial charge in [-0.05, 0) is 0 Å². The summed E-state index contributed by atoms with van der Waals surface area (Å²) in [6.07, 6.45) is 0. The van der Waals surface area contributed by atoms with Gasteiger partial charge < -0.3 is 0 Å². The second kappa shape index (κ2) is 8.60. The molecule has 0 amide bonds. The molecule has 21 heavy (non-hydrogen) atoms. The van der Waals surface area contributed by atoms with Crippen molar-refractivity contribution in [1.82, 2.24) is 4.90 Å². The Morgan fingerprint density at radius 1 is 1.05 bits per heavy atom. The first-order chi connectivity index (χ1) is 10.2. The molecule has 1 nitrogen and oxygen atoms in total. The van der Waals surface area contributed by atoms with Crippen LogP contribution in [0.2, 0.25) is 5.32 Å². The summed E-state index contributed by atoms with van der Waals surface area (Å²) in [5, 5.41) is 1.58. The summed E-state index contributed by atoms with van der Waals surface area (Å²) < 4.78 is 2.40. The van der Waals surface area contributed by atoms with Crippen LogP contribution in [0.5, 0.6) is 0 Å². The van der Waals surface area contributed by atoms with Crippen LogP contribution in [-0.2, 0) is 0 Å². The summed E-state index contributed by atoms with van der Waals surface area (Å²) in [5.41, 5.74) is 1.37. The van der Waals surface area contributed by atoms with Crippen LogP contribution in [0.15, 0.2) is 60.7 Å². The van der Waals surface area contributed by atoms with Gasteiger partial charge in [-0.25, -0.2) is 0 Å². The molecule has 2 aromatic rings. The fourth-order valence-electron chi connectivity index (χ4n) is 1.78. The molecule has 4 heteroatoms. The van der Waals surface area contributed by atoms with E-state index in [0.29, 0.717) is 20.2 Å². The average Bonchev–Trinajstić information content (AvgIpc) is 2.53. The predicted molar refractivity (Wildman–Crippen MR) is 99.7 cm³/mol. The van der Waals surface area contributed by atoms with Crippen LogP contribution in [0.3, 0.4) is 0 Å². The third-order valence-corrected chi connectivity index (χ3v) is 7.66. The number of hydrogen-bond donors (Lipinski definition) is 0. The second-order valence-corrected chi connectivity index (χ2v) is 8.93. The first kappa shape index (κ1) is 16.6. The third-order valence-electron chi connectivity index (χ3n) is 2.92. The SMILES string of the molecule is CN(C)C(=S)SC(C[Se]c1ccccc1)c1ccccc1. The van der Waals surface area contributed by atoms with Crippen LogP contribution in [0.25, 0.3) is 0 Å². The second-order valence-electron chi connectivity index (χ2n) is 4.80. The van der Waals surface area contributed by atoms with Crippen LogP contribution >= 0.6 is 24.0 Å². The molecule has 0 fully saturated rings. The van der Waals surface area contributed by atoms with Crippen molar-refractivity contribution < 1.29 is 0 Å². The summed E-state index contributed by atoms with van der Waals surface area (Å²) >= 11 is 7.75. The van der Waals surface area contributed by atoms with Gasteiger partial charge >= 0.3 is 144 Å². The number of rotatable bonds is 5. The molecule has 0 heterocycles. The van der Waals surface area contributed by atoms with Gasteiger partial charge in [-0.15, -0.1) is 0 Å². The van der Waals surface area contributed by atoms with Crippen molar-refractivity contribution in [2.24, 2.45) is 0 Å². The molecule has 0 saturated heterocycles. The van der Waals surface area contributed by atoms with E-state index < -0.39 is 0 Å². The minimum absolute atomic E-state index is 0.432. The summed E-state index contributed by atoms with van der Waals surface area (Å²) in [6.45, 7) is 0. The van der Waals surface area contributed by atoms with Gasteiger partial charge in [0.25, 0.3) is 0 Å². The Morgan fingerprint density at radius 2 is 1.62 bits per heavy atom. The van der Waals surface area contributed by atoms with E-state index in [-0.39, 0.29) is 0 Å². The van der Waals surface area contributed by atoms with Gasteiger partial charge in [-0.2, -0.15) is 0 Å². The Morgan fingerprint density at radius 3 is 2.19 bits per heavy atom. The van der Waals surface area contributed by atoms with Crippen molar-refractivity contribution in [2.45, 2.75) is 10.6 Å². The Labute approximate surface area is 143 Å². The van der Waals surface area contributed by atoms with E-state index >= 15 is 0 Å². The van der Waals surface area contributed by atoms with Crippen LogP contribution in [0.1, 0.15) is 10.8 Å². The van der Waals surface area contributed by atoms with E-state index in [2.05, 4.69) is 60.7 Å². The first-order valence-corrected chi connectivity index (χ1v) is 10.1. The molecular weight excluding hydrogens is 361 g/mol. The van der Waals surface area contributed by atoms with E-state index in [1.165, 1.54) is 10.0 Å². The van der Waals surface area contributed by atoms with Crippen LogP contribution < -0.4 is 4.46 Å². The average molecular weight is 380 g/mol. The zero-order valence-electron chi connectivity index (χ0n) is 12.2. The molecule has 2 rings (SSSR count). The van der Waals surface area contributed by atoms with E-state index in [1.54, 1.807) is 11.8 Å². The molecule has 0 saturated carbocycles. The van der Waals surface area contributed by atoms with Gasteiger partial charge in [0, 0.05) is 0 Å². The van der Waals surface area contributed by atoms with Gasteiger partial charge in [-0.3, -0.25) is 0 Å². The standard InChI is InChI=1S/C17H19NS2Se/c1-18(2)17(19)20-16(14-9-5-3-6-10-14)13-21-15-11-7-4-8-12-15/h3-12,16H,13H2,1-2H3. The number of thioether (sulfide) groups is 1. The molecule has 0 bridgehead atoms. The van der Waals surface area contributed by atoms with E-state index in [0.717, 1.165) is 9.64 Å². The third kappa shape index (κ3) is 5.48. The molecule has 0 aliphatic heterocycles. The fourth-order valence-corrected chi connectivity index (χ4v) is 5.59. The van der Waals surface area contributed by atoms with Crippen molar-refractivity contribution in [2.75, 3.05) is 14.1 Å². The topological polar surface area (TPSA) is 3.24 Å². The molecule has 0 aromatic heterocycles. The number of hydrogen-bond acceptors (Lipinski definition) is 2. The molecule has 0 spiro atoms. The minimum atomic E-state index is 0.432. The molecule has 0 N–H and O–H groups in total. The van der Waals surface area contributed by atoms with E-state index in [9.17, 15) is 0 Å². The maximum atomic E-state index is 5.48. The molecule has 1 unspecified atom stereocenters. The van der Waals surface area contributed by atoms with E-state index in [1.807, 2.05) is 19.0 Å². The van der Waals surface area contributed by atoms with Gasteiger partial charge in [0.15, 0.2) is 0 Å². The van der Waals surface area contributed by atoms with Crippen molar-refractivity contribution in [3.05, 3.63) is 66.2 Å². The normalized spacial score (nSPS) is 11.9. The molecule has 0 aliphatic rings. The van der Waals surface area contributed by atoms with Crippen LogP contribution in [-0.4, -0.2) is 38.3 Å². The molecule has 2 aromatic carbocycles. The Bertz CT molecular complexity index is 558. The van der Waals surface area contributed by atoms with Crippen LogP contribution in [0.4, 0.5) is 0 Å². The molecule has 0 aliphatic carbocycles. The summed E-state index contributed by atoms with van der Waals surface area (Å²) in [6, 6.07) is 21.4. The Kier molecular flexibility index (Phi) is 6.78. The molecule has 110 valence electrons. The Balaban J connectivity index is 2.07. The zero-order chi connectivity index (χ0) is 15.1. The van der Waals surface area contributed by atoms with Crippen molar-refractivity contribution in [3.8, 4) is 0 Å². The number of benzene rings is 2. The molecule has 0 radical (unpaired) electrons. The number of thiocarbonyl (C=S) groups is 1. The van der Waals surface area contributed by atoms with E-state index in [4.69, 9.17) is 12.2 Å². The summed E-state index contributed by atoms with van der Waals surface area (Å²) in [7, 11) is 4.03. The zero-order valence-corrected chi connectivity index (χ0v) is 15.6. The maximum absolute atomic E-state index is 5.48. The predicted octanol–water partition coefficient (Wildman–Crippen LogP) is 3.76. The van der Waals surface area contributed by atoms with Gasteiger partial charge in [0.05, 0.1) is 0 Å². The Hall–Kier alpha value is -0.801. The number of nitrogens with zero attached hydrogens (tertiary/aromatic N) is 1.